The van der Waals surface area contributed by atoms with Gasteiger partial charge in [0.2, 0.25) is 0 Å². The lowest BCUT2D eigenvalue weighted by molar-refractivity contribution is 0.590. The minimum absolute atomic E-state index is 0.0953. The van der Waals surface area contributed by atoms with Crippen molar-refractivity contribution in [2.45, 2.75) is 59.3 Å². The van der Waals surface area contributed by atoms with Crippen molar-refractivity contribution in [3.63, 3.8) is 0 Å². The van der Waals surface area contributed by atoms with E-state index < -0.39 is 0 Å². The molecule has 1 heterocycles. The lowest BCUT2D eigenvalue weighted by Gasteiger charge is -2.23. The van der Waals surface area contributed by atoms with Crippen LogP contribution in [0.25, 0.3) is 10.9 Å². The summed E-state index contributed by atoms with van der Waals surface area (Å²) in [4.78, 5) is 4.87. The molecule has 0 spiro atoms. The second kappa shape index (κ2) is 6.46. The number of hydrogen-bond donors (Lipinski definition) is 1. The van der Waals surface area contributed by atoms with E-state index in [9.17, 15) is 0 Å². The van der Waals surface area contributed by atoms with Crippen molar-refractivity contribution in [2.75, 3.05) is 11.9 Å². The highest BCUT2D eigenvalue weighted by atomic mass is 15.0. The molecule has 0 aliphatic rings. The lowest BCUT2D eigenvalue weighted by Crippen LogP contribution is -2.16. The smallest absolute Gasteiger partial charge is 0.130 e. The molecule has 2 rings (SSSR count). The molecule has 2 heteroatoms. The minimum Gasteiger partial charge on any atom is -0.370 e. The van der Waals surface area contributed by atoms with Gasteiger partial charge in [-0.3, -0.25) is 0 Å². The van der Waals surface area contributed by atoms with Gasteiger partial charge >= 0.3 is 0 Å². The normalized spacial score (nSPS) is 11.9. The van der Waals surface area contributed by atoms with Gasteiger partial charge in [0.05, 0.1) is 5.52 Å². The number of pyridine rings is 1. The van der Waals surface area contributed by atoms with E-state index in [1.54, 1.807) is 0 Å². The fourth-order valence-corrected chi connectivity index (χ4v) is 2.62. The molecule has 0 unspecified atom stereocenters. The van der Waals surface area contributed by atoms with Crippen LogP contribution >= 0.6 is 0 Å². The van der Waals surface area contributed by atoms with E-state index in [0.717, 1.165) is 30.7 Å². The van der Waals surface area contributed by atoms with Crippen molar-refractivity contribution in [3.05, 3.63) is 35.4 Å². The molecule has 0 saturated heterocycles. The van der Waals surface area contributed by atoms with E-state index in [1.165, 1.54) is 22.9 Å². The Labute approximate surface area is 129 Å². The highest BCUT2D eigenvalue weighted by molar-refractivity contribution is 5.83. The molecule has 0 aliphatic carbocycles. The lowest BCUT2D eigenvalue weighted by atomic mass is 9.86. The van der Waals surface area contributed by atoms with E-state index in [0.29, 0.717) is 0 Å². The third-order valence-corrected chi connectivity index (χ3v) is 3.77. The summed E-state index contributed by atoms with van der Waals surface area (Å²) in [5.74, 6) is 1.04. The second-order valence-corrected chi connectivity index (χ2v) is 6.84. The van der Waals surface area contributed by atoms with Crippen molar-refractivity contribution < 1.29 is 0 Å². The first kappa shape index (κ1) is 15.8. The zero-order chi connectivity index (χ0) is 15.5. The van der Waals surface area contributed by atoms with Crippen molar-refractivity contribution >= 4 is 16.7 Å². The second-order valence-electron chi connectivity index (χ2n) is 6.84. The van der Waals surface area contributed by atoms with Crippen LogP contribution in [0.4, 0.5) is 5.82 Å². The fourth-order valence-electron chi connectivity index (χ4n) is 2.62. The average Bonchev–Trinajstić information content (AvgIpc) is 2.43. The molecule has 1 N–H and O–H groups in total. The summed E-state index contributed by atoms with van der Waals surface area (Å²) >= 11 is 0. The largest absolute Gasteiger partial charge is 0.370 e. The first-order valence-electron chi connectivity index (χ1n) is 8.13. The third-order valence-electron chi connectivity index (χ3n) is 3.77. The Bertz CT molecular complexity index is 609. The molecule has 0 saturated carbocycles. The van der Waals surface area contributed by atoms with E-state index >= 15 is 0 Å². The van der Waals surface area contributed by atoms with Gasteiger partial charge in [0, 0.05) is 17.5 Å². The van der Waals surface area contributed by atoms with Crippen molar-refractivity contribution in [1.29, 1.82) is 0 Å². The Kier molecular flexibility index (Phi) is 4.87. The summed E-state index contributed by atoms with van der Waals surface area (Å²) in [6, 6.07) is 8.98. The predicted molar refractivity (Wildman–Crippen MR) is 93.2 cm³/mol. The van der Waals surface area contributed by atoms with E-state index in [2.05, 4.69) is 64.2 Å². The van der Waals surface area contributed by atoms with E-state index in [-0.39, 0.29) is 5.41 Å². The molecule has 0 bridgehead atoms. The fraction of sp³-hybridized carbons (Fsp3) is 0.526. The highest BCUT2D eigenvalue weighted by Crippen LogP contribution is 2.31. The van der Waals surface area contributed by atoms with Crippen LogP contribution in [-0.4, -0.2) is 11.5 Å². The molecule has 114 valence electrons. The van der Waals surface area contributed by atoms with Crippen molar-refractivity contribution in [1.82, 2.24) is 4.98 Å². The molecular formula is C19H28N2. The Morgan fingerprint density at radius 2 is 1.81 bits per heavy atom. The van der Waals surface area contributed by atoms with Crippen molar-refractivity contribution in [3.8, 4) is 0 Å². The monoisotopic (exact) mass is 284 g/mol. The van der Waals surface area contributed by atoms with Crippen LogP contribution in [-0.2, 0) is 11.8 Å². The van der Waals surface area contributed by atoms with Crippen LogP contribution in [0.15, 0.2) is 24.3 Å². The number of fused-ring (bicyclic) bond motifs is 1. The number of nitrogens with zero attached hydrogens (tertiary/aromatic N) is 1. The van der Waals surface area contributed by atoms with Crippen molar-refractivity contribution in [2.24, 2.45) is 0 Å². The summed E-state index contributed by atoms with van der Waals surface area (Å²) in [5, 5.41) is 4.75. The molecule has 0 fully saturated rings. The van der Waals surface area contributed by atoms with Gasteiger partial charge in [-0.2, -0.15) is 0 Å². The van der Waals surface area contributed by atoms with Gasteiger partial charge in [-0.15, -0.1) is 0 Å². The topological polar surface area (TPSA) is 24.9 Å². The summed E-state index contributed by atoms with van der Waals surface area (Å²) < 4.78 is 0. The van der Waals surface area contributed by atoms with Gasteiger partial charge in [-0.1, -0.05) is 47.1 Å². The zero-order valence-corrected chi connectivity index (χ0v) is 14.1. The SMILES string of the molecule is CCCNc1nc2ccc(CCC)cc2cc1C(C)(C)C. The van der Waals surface area contributed by atoms with E-state index in [1.807, 2.05) is 0 Å². The minimum atomic E-state index is 0.0953. The molecule has 0 atom stereocenters. The van der Waals surface area contributed by atoms with E-state index in [4.69, 9.17) is 4.98 Å². The number of aryl methyl sites for hydroxylation is 1. The van der Waals surface area contributed by atoms with Gasteiger partial charge in [0.1, 0.15) is 5.82 Å². The number of benzene rings is 1. The highest BCUT2D eigenvalue weighted by Gasteiger charge is 2.20. The molecule has 0 aliphatic heterocycles. The maximum atomic E-state index is 4.87. The Balaban J connectivity index is 2.53. The molecule has 1 aromatic heterocycles. The molecule has 0 radical (unpaired) electrons. The zero-order valence-electron chi connectivity index (χ0n) is 14.1. The van der Waals surface area contributed by atoms with Gasteiger partial charge in [-0.25, -0.2) is 4.98 Å². The predicted octanol–water partition coefficient (Wildman–Crippen LogP) is 5.31. The quantitative estimate of drug-likeness (QED) is 0.805. The summed E-state index contributed by atoms with van der Waals surface area (Å²) in [6.07, 6.45) is 3.43. The summed E-state index contributed by atoms with van der Waals surface area (Å²) in [7, 11) is 0. The van der Waals surface area contributed by atoms with Crippen LogP contribution in [0.5, 0.6) is 0 Å². The van der Waals surface area contributed by atoms with Crippen LogP contribution in [0, 0.1) is 0 Å². The maximum Gasteiger partial charge on any atom is 0.130 e. The Morgan fingerprint density at radius 3 is 2.43 bits per heavy atom. The number of aromatic nitrogens is 1. The standard InChI is InChI=1S/C19H28N2/c1-6-8-14-9-10-17-15(12-14)13-16(19(3,4)5)18(21-17)20-11-7-2/h9-10,12-13H,6-8,11H2,1-5H3,(H,20,21). The Morgan fingerprint density at radius 1 is 1.05 bits per heavy atom. The number of rotatable bonds is 5. The van der Waals surface area contributed by atoms with Gasteiger partial charge in [0.25, 0.3) is 0 Å². The number of nitrogens with one attached hydrogen (secondary N) is 1. The first-order valence-corrected chi connectivity index (χ1v) is 8.13. The number of hydrogen-bond acceptors (Lipinski definition) is 2. The summed E-state index contributed by atoms with van der Waals surface area (Å²) in [5.41, 5.74) is 3.89. The molecule has 2 nitrogen and oxygen atoms in total. The molecule has 2 aromatic rings. The van der Waals surface area contributed by atoms with Crippen LogP contribution in [0.3, 0.4) is 0 Å². The molecule has 21 heavy (non-hydrogen) atoms. The van der Waals surface area contributed by atoms with Crippen LogP contribution in [0.1, 0.15) is 58.6 Å². The number of anilines is 1. The maximum absolute atomic E-state index is 4.87. The van der Waals surface area contributed by atoms with Gasteiger partial charge in [0.15, 0.2) is 0 Å². The molecule has 1 aromatic carbocycles. The third kappa shape index (κ3) is 3.75. The van der Waals surface area contributed by atoms with Gasteiger partial charge < -0.3 is 5.32 Å². The first-order chi connectivity index (χ1) is 9.95. The average molecular weight is 284 g/mol. The molecular weight excluding hydrogens is 256 g/mol. The molecule has 0 amide bonds. The van der Waals surface area contributed by atoms with Crippen LogP contribution < -0.4 is 5.32 Å². The summed E-state index contributed by atoms with van der Waals surface area (Å²) in [6.45, 7) is 12.1. The Hall–Kier alpha value is -1.57. The van der Waals surface area contributed by atoms with Crippen LogP contribution in [0.2, 0.25) is 0 Å². The van der Waals surface area contributed by atoms with Gasteiger partial charge in [-0.05, 0) is 42.0 Å².